The Labute approximate surface area is 147 Å². The van der Waals surface area contributed by atoms with Crippen molar-refractivity contribution in [3.63, 3.8) is 0 Å². The third-order valence-corrected chi connectivity index (χ3v) is 5.81. The second-order valence-electron chi connectivity index (χ2n) is 7.37. The number of allylic oxidation sites excluding steroid dienone is 2. The fourth-order valence-electron chi connectivity index (χ4n) is 4.39. The molecule has 1 aromatic carbocycles. The van der Waals surface area contributed by atoms with Gasteiger partial charge in [-0.05, 0) is 30.7 Å². The van der Waals surface area contributed by atoms with E-state index < -0.39 is 0 Å². The van der Waals surface area contributed by atoms with Gasteiger partial charge in [-0.3, -0.25) is 9.59 Å². The lowest BCUT2D eigenvalue weighted by Gasteiger charge is -2.27. The van der Waals surface area contributed by atoms with Gasteiger partial charge in [-0.1, -0.05) is 30.4 Å². The first-order chi connectivity index (χ1) is 12.1. The van der Waals surface area contributed by atoms with Crippen LogP contribution in [0.25, 0.3) is 0 Å². The van der Waals surface area contributed by atoms with Crippen LogP contribution in [0.1, 0.15) is 24.8 Å². The van der Waals surface area contributed by atoms with Crippen molar-refractivity contribution in [2.75, 3.05) is 19.6 Å². The maximum absolute atomic E-state index is 13.9. The van der Waals surface area contributed by atoms with E-state index in [0.717, 1.165) is 12.8 Å². The van der Waals surface area contributed by atoms with Crippen molar-refractivity contribution in [2.45, 2.75) is 25.8 Å². The zero-order chi connectivity index (χ0) is 17.4. The van der Waals surface area contributed by atoms with Crippen LogP contribution in [0.15, 0.2) is 36.4 Å². The number of benzene rings is 1. The number of halogens is 1. The van der Waals surface area contributed by atoms with Gasteiger partial charge >= 0.3 is 0 Å². The number of hydrogen-bond donors (Lipinski definition) is 0. The van der Waals surface area contributed by atoms with Gasteiger partial charge in [0.05, 0.1) is 0 Å². The van der Waals surface area contributed by atoms with Gasteiger partial charge < -0.3 is 9.80 Å². The van der Waals surface area contributed by atoms with Crippen molar-refractivity contribution in [2.24, 2.45) is 17.8 Å². The van der Waals surface area contributed by atoms with Crippen LogP contribution in [0.5, 0.6) is 0 Å². The standard InChI is InChI=1S/C20H23FN2O2/c21-18-4-2-1-3-16(18)13-23-10-9-22(8-7-19(23)24)20(25)17-12-14-5-6-15(17)11-14/h1-6,14-15,17H,7-13H2/t14-,15+,17+/m1/s1. The van der Waals surface area contributed by atoms with E-state index in [-0.39, 0.29) is 30.1 Å². The molecule has 25 heavy (non-hydrogen) atoms. The third-order valence-electron chi connectivity index (χ3n) is 5.81. The van der Waals surface area contributed by atoms with Crippen molar-refractivity contribution in [3.05, 3.63) is 47.8 Å². The predicted molar refractivity (Wildman–Crippen MR) is 91.9 cm³/mol. The zero-order valence-electron chi connectivity index (χ0n) is 14.2. The fraction of sp³-hybridized carbons (Fsp3) is 0.500. The Hall–Kier alpha value is -2.17. The first-order valence-corrected chi connectivity index (χ1v) is 9.10. The molecule has 0 spiro atoms. The van der Waals surface area contributed by atoms with Crippen LogP contribution in [-0.2, 0) is 16.1 Å². The highest BCUT2D eigenvalue weighted by Gasteiger charge is 2.41. The lowest BCUT2D eigenvalue weighted by Crippen LogP contribution is -2.40. The molecular weight excluding hydrogens is 319 g/mol. The molecule has 3 aliphatic rings. The summed E-state index contributed by atoms with van der Waals surface area (Å²) in [5.74, 6) is 0.921. The van der Waals surface area contributed by atoms with Crippen molar-refractivity contribution in [1.29, 1.82) is 0 Å². The van der Waals surface area contributed by atoms with Gasteiger partial charge in [-0.25, -0.2) is 4.39 Å². The molecule has 0 N–H and O–H groups in total. The highest BCUT2D eigenvalue weighted by Crippen LogP contribution is 2.44. The third kappa shape index (κ3) is 3.20. The van der Waals surface area contributed by atoms with Crippen LogP contribution in [0.2, 0.25) is 0 Å². The summed E-state index contributed by atoms with van der Waals surface area (Å²) in [6, 6.07) is 6.54. The molecule has 1 aromatic rings. The normalized spacial score (nSPS) is 28.5. The molecule has 1 saturated carbocycles. The van der Waals surface area contributed by atoms with Crippen molar-refractivity contribution >= 4 is 11.8 Å². The molecule has 132 valence electrons. The van der Waals surface area contributed by atoms with Crippen LogP contribution < -0.4 is 0 Å². The predicted octanol–water partition coefficient (Wildman–Crippen LogP) is 2.60. The smallest absolute Gasteiger partial charge is 0.226 e. The molecule has 1 saturated heterocycles. The molecule has 3 atom stereocenters. The fourth-order valence-corrected chi connectivity index (χ4v) is 4.39. The van der Waals surface area contributed by atoms with Crippen LogP contribution in [0.3, 0.4) is 0 Å². The lowest BCUT2D eigenvalue weighted by molar-refractivity contribution is -0.136. The van der Waals surface area contributed by atoms with Crippen LogP contribution in [0, 0.1) is 23.6 Å². The second-order valence-corrected chi connectivity index (χ2v) is 7.37. The van der Waals surface area contributed by atoms with E-state index in [1.54, 1.807) is 23.1 Å². The number of carbonyl (C=O) groups is 2. The van der Waals surface area contributed by atoms with Gasteiger partial charge in [0.25, 0.3) is 0 Å². The number of amides is 2. The van der Waals surface area contributed by atoms with E-state index in [1.807, 2.05) is 4.90 Å². The Kier molecular flexibility index (Phi) is 4.32. The summed E-state index contributed by atoms with van der Waals surface area (Å²) in [4.78, 5) is 28.8. The zero-order valence-corrected chi connectivity index (χ0v) is 14.2. The first-order valence-electron chi connectivity index (χ1n) is 9.10. The van der Waals surface area contributed by atoms with Gasteiger partial charge in [0, 0.05) is 44.1 Å². The van der Waals surface area contributed by atoms with Crippen LogP contribution in [0.4, 0.5) is 4.39 Å². The van der Waals surface area contributed by atoms with Crippen molar-refractivity contribution in [1.82, 2.24) is 9.80 Å². The second kappa shape index (κ2) is 6.62. The van der Waals surface area contributed by atoms with Gasteiger partial charge in [-0.2, -0.15) is 0 Å². The number of fused-ring (bicyclic) bond motifs is 2. The molecule has 0 aromatic heterocycles. The number of rotatable bonds is 3. The Morgan fingerprint density at radius 1 is 1.12 bits per heavy atom. The monoisotopic (exact) mass is 342 g/mol. The van der Waals surface area contributed by atoms with Crippen LogP contribution in [-0.4, -0.2) is 41.2 Å². The molecule has 2 bridgehead atoms. The van der Waals surface area contributed by atoms with E-state index in [9.17, 15) is 14.0 Å². The molecule has 2 amide bonds. The summed E-state index contributed by atoms with van der Waals surface area (Å²) in [6.07, 6.45) is 6.78. The summed E-state index contributed by atoms with van der Waals surface area (Å²) in [7, 11) is 0. The maximum Gasteiger partial charge on any atom is 0.226 e. The maximum atomic E-state index is 13.9. The molecule has 5 heteroatoms. The van der Waals surface area contributed by atoms with Gasteiger partial charge in [0.1, 0.15) is 5.82 Å². The van der Waals surface area contributed by atoms with Crippen molar-refractivity contribution in [3.8, 4) is 0 Å². The number of carbonyl (C=O) groups excluding carboxylic acids is 2. The summed E-state index contributed by atoms with van der Waals surface area (Å²) >= 11 is 0. The number of hydrogen-bond acceptors (Lipinski definition) is 2. The molecule has 0 unspecified atom stereocenters. The molecule has 4 nitrogen and oxygen atoms in total. The Balaban J connectivity index is 1.41. The highest BCUT2D eigenvalue weighted by atomic mass is 19.1. The Bertz CT molecular complexity index is 717. The average molecular weight is 342 g/mol. The van der Waals surface area contributed by atoms with E-state index >= 15 is 0 Å². The lowest BCUT2D eigenvalue weighted by atomic mass is 9.92. The minimum atomic E-state index is -0.291. The SMILES string of the molecule is O=C1CCN(C(=O)[C@H]2C[C@@H]3C=C[C@H]2C3)CCN1Cc1ccccc1F. The van der Waals surface area contributed by atoms with Gasteiger partial charge in [-0.15, -0.1) is 0 Å². The largest absolute Gasteiger partial charge is 0.340 e. The highest BCUT2D eigenvalue weighted by molar-refractivity contribution is 5.82. The summed E-state index contributed by atoms with van der Waals surface area (Å²) in [5, 5.41) is 0. The van der Waals surface area contributed by atoms with E-state index in [0.29, 0.717) is 43.5 Å². The molecule has 2 aliphatic carbocycles. The van der Waals surface area contributed by atoms with Crippen LogP contribution >= 0.6 is 0 Å². The van der Waals surface area contributed by atoms with Crippen molar-refractivity contribution < 1.29 is 14.0 Å². The molecular formula is C20H23FN2O2. The minimum absolute atomic E-state index is 0.00797. The summed E-state index contributed by atoms with van der Waals surface area (Å²) < 4.78 is 13.9. The summed E-state index contributed by atoms with van der Waals surface area (Å²) in [5.41, 5.74) is 0.522. The minimum Gasteiger partial charge on any atom is -0.340 e. The first kappa shape index (κ1) is 16.3. The quantitative estimate of drug-likeness (QED) is 0.792. The summed E-state index contributed by atoms with van der Waals surface area (Å²) in [6.45, 7) is 1.75. The van der Waals surface area contributed by atoms with Gasteiger partial charge in [0.2, 0.25) is 11.8 Å². The average Bonchev–Trinajstić information content (AvgIpc) is 3.20. The Morgan fingerprint density at radius 2 is 1.96 bits per heavy atom. The Morgan fingerprint density at radius 3 is 2.68 bits per heavy atom. The topological polar surface area (TPSA) is 40.6 Å². The number of nitrogens with zero attached hydrogens (tertiary/aromatic N) is 2. The molecule has 1 heterocycles. The van der Waals surface area contributed by atoms with Gasteiger partial charge in [0.15, 0.2) is 0 Å². The van der Waals surface area contributed by atoms with E-state index in [2.05, 4.69) is 12.2 Å². The molecule has 2 fully saturated rings. The molecule has 0 radical (unpaired) electrons. The molecule has 4 rings (SSSR count). The molecule has 1 aliphatic heterocycles. The van der Waals surface area contributed by atoms with E-state index in [1.165, 1.54) is 6.07 Å². The van der Waals surface area contributed by atoms with E-state index in [4.69, 9.17) is 0 Å².